The van der Waals surface area contributed by atoms with Crippen LogP contribution in [0.1, 0.15) is 40.2 Å². The molecule has 0 radical (unpaired) electrons. The molecule has 1 amide bonds. The van der Waals surface area contributed by atoms with Crippen molar-refractivity contribution in [3.8, 4) is 11.5 Å². The number of unbranched alkanes of at least 4 members (excludes halogenated alkanes) is 1. The minimum atomic E-state index is -0.635. The number of hydrogen-bond donors (Lipinski definition) is 2. The van der Waals surface area contributed by atoms with E-state index in [4.69, 9.17) is 10.2 Å². The topological polar surface area (TPSA) is 117 Å². The summed E-state index contributed by atoms with van der Waals surface area (Å²) in [7, 11) is 0. The van der Waals surface area contributed by atoms with Crippen LogP contribution in [0.5, 0.6) is 0 Å². The number of hydrogen-bond acceptors (Lipinski definition) is 7. The number of nitrogens with one attached hydrogen (secondary N) is 1. The monoisotopic (exact) mass is 473 g/mol. The Hall–Kier alpha value is -3.72. The van der Waals surface area contributed by atoms with E-state index in [1.807, 2.05) is 0 Å². The second-order valence-electron chi connectivity index (χ2n) is 9.22. The summed E-state index contributed by atoms with van der Waals surface area (Å²) < 4.78 is 5.47. The first-order valence-corrected chi connectivity index (χ1v) is 12.1. The molecule has 3 aromatic heterocycles. The van der Waals surface area contributed by atoms with Gasteiger partial charge in [-0.15, -0.1) is 0 Å². The summed E-state index contributed by atoms with van der Waals surface area (Å²) in [5.74, 6) is 0.429. The Labute approximate surface area is 204 Å². The summed E-state index contributed by atoms with van der Waals surface area (Å²) in [4.78, 5) is 32.8. The number of aryl methyl sites for hydroxylation is 3. The summed E-state index contributed by atoms with van der Waals surface area (Å²) >= 11 is 0. The van der Waals surface area contributed by atoms with Crippen LogP contribution >= 0.6 is 0 Å². The molecule has 1 aliphatic heterocycles. The number of carbonyl (C=O) groups excluding carboxylic acids is 1. The average Bonchev–Trinajstić information content (AvgIpc) is 3.45. The van der Waals surface area contributed by atoms with Crippen LogP contribution in [0.2, 0.25) is 0 Å². The highest BCUT2D eigenvalue weighted by molar-refractivity contribution is 5.91. The number of H-pyrrole nitrogens is 1. The van der Waals surface area contributed by atoms with E-state index in [9.17, 15) is 4.79 Å². The van der Waals surface area contributed by atoms with Gasteiger partial charge in [0.2, 0.25) is 17.6 Å². The molecule has 0 bridgehead atoms. The molecule has 4 aromatic rings. The molecule has 0 atom stereocenters. The van der Waals surface area contributed by atoms with Crippen molar-refractivity contribution in [1.29, 1.82) is 0 Å². The van der Waals surface area contributed by atoms with Crippen molar-refractivity contribution in [2.75, 3.05) is 37.6 Å². The lowest BCUT2D eigenvalue weighted by Crippen LogP contribution is -2.47. The quantitative estimate of drug-likeness (QED) is 0.376. The molecular weight excluding hydrogens is 442 g/mol. The maximum absolute atomic E-state index is 11.4. The number of amides is 1. The number of rotatable bonds is 8. The number of benzene rings is 1. The Morgan fingerprint density at radius 1 is 1.11 bits per heavy atom. The van der Waals surface area contributed by atoms with Crippen LogP contribution in [0.25, 0.3) is 22.4 Å². The molecule has 1 saturated heterocycles. The molecule has 1 aliphatic rings. The average molecular weight is 474 g/mol. The first kappa shape index (κ1) is 23.0. The van der Waals surface area contributed by atoms with Gasteiger partial charge in [0.25, 0.3) is 5.91 Å². The fourth-order valence-electron chi connectivity index (χ4n) is 4.66. The van der Waals surface area contributed by atoms with E-state index in [-0.39, 0.29) is 5.76 Å². The first-order chi connectivity index (χ1) is 17.0. The third-order valence-corrected chi connectivity index (χ3v) is 6.65. The molecular formula is C26H31N7O2. The van der Waals surface area contributed by atoms with E-state index < -0.39 is 5.91 Å². The van der Waals surface area contributed by atoms with Gasteiger partial charge in [0.15, 0.2) is 0 Å². The highest BCUT2D eigenvalue weighted by Crippen LogP contribution is 2.23. The summed E-state index contributed by atoms with van der Waals surface area (Å²) in [6.45, 7) is 8.73. The van der Waals surface area contributed by atoms with Crippen LogP contribution < -0.4 is 10.6 Å². The van der Waals surface area contributed by atoms with Crippen molar-refractivity contribution in [2.24, 2.45) is 5.73 Å². The fourth-order valence-corrected chi connectivity index (χ4v) is 4.66. The second-order valence-corrected chi connectivity index (χ2v) is 9.22. The molecule has 9 heteroatoms. The predicted octanol–water partition coefficient (Wildman–Crippen LogP) is 3.47. The van der Waals surface area contributed by atoms with Gasteiger partial charge >= 0.3 is 0 Å². The van der Waals surface area contributed by atoms with E-state index in [1.165, 1.54) is 34.9 Å². The minimum absolute atomic E-state index is 0.0664. The Morgan fingerprint density at radius 2 is 1.89 bits per heavy atom. The number of aromatic nitrogens is 4. The molecule has 3 N–H and O–H groups in total. The number of anilines is 1. The standard InChI is InChI=1S/C26H31N7O2/c1-17-6-7-22-21(13-17)19(14-28-22)5-3-4-8-32-9-11-33(12-10-32)26-29-15-20(16-30-26)25-31-18(2)23(35-25)24(27)34/h6-7,13-16,28H,3-5,8-12H2,1-2H3,(H2,27,34). The van der Waals surface area contributed by atoms with Crippen LogP contribution in [-0.2, 0) is 6.42 Å². The Morgan fingerprint density at radius 3 is 2.60 bits per heavy atom. The van der Waals surface area contributed by atoms with Gasteiger partial charge in [-0.1, -0.05) is 11.6 Å². The van der Waals surface area contributed by atoms with Crippen molar-refractivity contribution < 1.29 is 9.21 Å². The number of carbonyl (C=O) groups is 1. The Balaban J connectivity index is 1.08. The lowest BCUT2D eigenvalue weighted by atomic mass is 10.1. The third-order valence-electron chi connectivity index (χ3n) is 6.65. The van der Waals surface area contributed by atoms with Crippen LogP contribution in [0.3, 0.4) is 0 Å². The van der Waals surface area contributed by atoms with E-state index in [0.717, 1.165) is 39.1 Å². The number of nitrogens with two attached hydrogens (primary N) is 1. The molecule has 4 heterocycles. The highest BCUT2D eigenvalue weighted by Gasteiger charge is 2.20. The third kappa shape index (κ3) is 5.05. The number of fused-ring (bicyclic) bond motifs is 1. The lowest BCUT2D eigenvalue weighted by molar-refractivity contribution is 0.0974. The van der Waals surface area contributed by atoms with Crippen molar-refractivity contribution in [1.82, 2.24) is 24.8 Å². The molecule has 1 fully saturated rings. The number of primary amides is 1. The highest BCUT2D eigenvalue weighted by atomic mass is 16.4. The summed E-state index contributed by atoms with van der Waals surface area (Å²) in [6, 6.07) is 6.60. The zero-order valence-electron chi connectivity index (χ0n) is 20.3. The van der Waals surface area contributed by atoms with E-state index in [1.54, 1.807) is 19.3 Å². The summed E-state index contributed by atoms with van der Waals surface area (Å²) in [5, 5.41) is 1.36. The fraction of sp³-hybridized carbons (Fsp3) is 0.385. The normalized spacial score (nSPS) is 14.6. The van der Waals surface area contributed by atoms with Gasteiger partial charge in [0.1, 0.15) is 0 Å². The maximum atomic E-state index is 11.4. The van der Waals surface area contributed by atoms with Crippen molar-refractivity contribution in [3.63, 3.8) is 0 Å². The number of aromatic amines is 1. The number of nitrogens with zero attached hydrogens (tertiary/aromatic N) is 5. The number of piperazine rings is 1. The zero-order valence-corrected chi connectivity index (χ0v) is 20.3. The minimum Gasteiger partial charge on any atom is -0.431 e. The van der Waals surface area contributed by atoms with Gasteiger partial charge in [0, 0.05) is 55.7 Å². The summed E-state index contributed by atoms with van der Waals surface area (Å²) in [6.07, 6.45) is 8.99. The van der Waals surface area contributed by atoms with Crippen LogP contribution in [0.4, 0.5) is 5.95 Å². The van der Waals surface area contributed by atoms with E-state index in [2.05, 4.69) is 61.1 Å². The van der Waals surface area contributed by atoms with Gasteiger partial charge in [-0.25, -0.2) is 15.0 Å². The SMILES string of the molecule is Cc1ccc2[nH]cc(CCCCN3CCN(c4ncc(-c5nc(C)c(C(N)=O)o5)cn4)CC3)c2c1. The molecule has 5 rings (SSSR count). The zero-order chi connectivity index (χ0) is 24.4. The van der Waals surface area contributed by atoms with Gasteiger partial charge in [0.05, 0.1) is 11.3 Å². The van der Waals surface area contributed by atoms with Crippen LogP contribution in [-0.4, -0.2) is 63.5 Å². The van der Waals surface area contributed by atoms with Gasteiger partial charge < -0.3 is 20.0 Å². The molecule has 182 valence electrons. The van der Waals surface area contributed by atoms with Gasteiger partial charge in [-0.05, 0) is 57.4 Å². The molecule has 1 aromatic carbocycles. The van der Waals surface area contributed by atoms with Crippen LogP contribution in [0, 0.1) is 13.8 Å². The smallest absolute Gasteiger partial charge is 0.286 e. The van der Waals surface area contributed by atoms with Crippen molar-refractivity contribution in [2.45, 2.75) is 33.1 Å². The Kier molecular flexibility index (Phi) is 6.50. The summed E-state index contributed by atoms with van der Waals surface area (Å²) in [5.41, 5.74) is 10.3. The molecule has 0 unspecified atom stereocenters. The van der Waals surface area contributed by atoms with Gasteiger partial charge in [-0.2, -0.15) is 0 Å². The molecule has 9 nitrogen and oxygen atoms in total. The van der Waals surface area contributed by atoms with E-state index >= 15 is 0 Å². The number of oxazole rings is 1. The maximum Gasteiger partial charge on any atom is 0.286 e. The first-order valence-electron chi connectivity index (χ1n) is 12.1. The molecule has 35 heavy (non-hydrogen) atoms. The molecule has 0 aliphatic carbocycles. The largest absolute Gasteiger partial charge is 0.431 e. The Bertz CT molecular complexity index is 1320. The van der Waals surface area contributed by atoms with E-state index in [0.29, 0.717) is 23.1 Å². The molecule has 0 saturated carbocycles. The molecule has 0 spiro atoms. The van der Waals surface area contributed by atoms with Crippen molar-refractivity contribution >= 4 is 22.8 Å². The van der Waals surface area contributed by atoms with Crippen LogP contribution in [0.15, 0.2) is 41.2 Å². The predicted molar refractivity (Wildman–Crippen MR) is 135 cm³/mol. The van der Waals surface area contributed by atoms with Gasteiger partial charge in [-0.3, -0.25) is 9.69 Å². The van der Waals surface area contributed by atoms with Crippen molar-refractivity contribution in [3.05, 3.63) is 59.4 Å². The second kappa shape index (κ2) is 9.87. The lowest BCUT2D eigenvalue weighted by Gasteiger charge is -2.34.